The third kappa shape index (κ3) is 2.73. The van der Waals surface area contributed by atoms with Crippen LogP contribution >= 0.6 is 11.6 Å². The second-order valence-corrected chi connectivity index (χ2v) is 7.52. The molecule has 0 aliphatic heterocycles. The van der Waals surface area contributed by atoms with Crippen molar-refractivity contribution in [1.82, 2.24) is 5.32 Å². The molecule has 0 aromatic heterocycles. The fourth-order valence-corrected chi connectivity index (χ4v) is 5.12. The zero-order valence-corrected chi connectivity index (χ0v) is 13.6. The van der Waals surface area contributed by atoms with Crippen LogP contribution in [0.4, 0.5) is 4.39 Å². The smallest absolute Gasteiger partial charge is 0.128 e. The van der Waals surface area contributed by atoms with Gasteiger partial charge >= 0.3 is 0 Å². The van der Waals surface area contributed by atoms with Gasteiger partial charge in [-0.25, -0.2) is 4.39 Å². The van der Waals surface area contributed by atoms with Crippen LogP contribution in [0.5, 0.6) is 0 Å². The van der Waals surface area contributed by atoms with Crippen molar-refractivity contribution < 1.29 is 4.39 Å². The van der Waals surface area contributed by atoms with Crippen molar-refractivity contribution in [3.63, 3.8) is 0 Å². The summed E-state index contributed by atoms with van der Waals surface area (Å²) in [7, 11) is 0. The van der Waals surface area contributed by atoms with E-state index in [1.165, 1.54) is 25.7 Å². The number of hydrogen-bond acceptors (Lipinski definition) is 1. The van der Waals surface area contributed by atoms with Gasteiger partial charge in [0.15, 0.2) is 0 Å². The summed E-state index contributed by atoms with van der Waals surface area (Å²) in [4.78, 5) is 0. The Hall–Kier alpha value is -0.600. The Kier molecular flexibility index (Phi) is 4.29. The highest BCUT2D eigenvalue weighted by Crippen LogP contribution is 2.63. The molecule has 3 rings (SSSR count). The fraction of sp³-hybridized carbons (Fsp3) is 0.667. The van der Waals surface area contributed by atoms with Crippen LogP contribution in [0, 0.1) is 11.2 Å². The minimum atomic E-state index is -0.131. The molecule has 0 amide bonds. The van der Waals surface area contributed by atoms with Gasteiger partial charge in [-0.3, -0.25) is 0 Å². The number of nitrogens with one attached hydrogen (secondary N) is 1. The van der Waals surface area contributed by atoms with Crippen molar-refractivity contribution in [3.8, 4) is 0 Å². The van der Waals surface area contributed by atoms with Crippen molar-refractivity contribution in [1.29, 1.82) is 0 Å². The van der Waals surface area contributed by atoms with Gasteiger partial charge in [0, 0.05) is 22.5 Å². The van der Waals surface area contributed by atoms with Crippen LogP contribution < -0.4 is 5.32 Å². The first-order chi connectivity index (χ1) is 10.1. The molecule has 1 nitrogen and oxygen atoms in total. The summed E-state index contributed by atoms with van der Waals surface area (Å²) in [5, 5.41) is 4.11. The van der Waals surface area contributed by atoms with E-state index >= 15 is 0 Å². The monoisotopic (exact) mass is 309 g/mol. The maximum atomic E-state index is 14.4. The zero-order chi connectivity index (χ0) is 14.9. The Labute approximate surface area is 132 Å². The van der Waals surface area contributed by atoms with E-state index in [9.17, 15) is 4.39 Å². The normalized spacial score (nSPS) is 22.4. The van der Waals surface area contributed by atoms with E-state index < -0.39 is 0 Å². The molecule has 0 atom stereocenters. The number of benzene rings is 1. The number of rotatable bonds is 5. The average Bonchev–Trinajstić information content (AvgIpc) is 2.87. The molecule has 1 aromatic carbocycles. The molecule has 0 radical (unpaired) electrons. The molecule has 0 heterocycles. The Morgan fingerprint density at radius 1 is 1.24 bits per heavy atom. The molecule has 0 bridgehead atoms. The molecule has 0 unspecified atom stereocenters. The van der Waals surface area contributed by atoms with Crippen molar-refractivity contribution >= 4 is 11.6 Å². The standard InChI is InChI=1S/C18H25ClFN/c1-2-10-21-13-18(11-17(12-18)8-3-4-9-17)16-14(19)6-5-7-15(16)20/h5-7,21H,2-4,8-13H2,1H3. The van der Waals surface area contributed by atoms with Gasteiger partial charge in [-0.2, -0.15) is 0 Å². The van der Waals surface area contributed by atoms with E-state index in [4.69, 9.17) is 11.6 Å². The molecule has 116 valence electrons. The summed E-state index contributed by atoms with van der Waals surface area (Å²) in [5.41, 5.74) is 1.13. The second kappa shape index (κ2) is 5.89. The molecule has 3 heteroatoms. The largest absolute Gasteiger partial charge is 0.316 e. The summed E-state index contributed by atoms with van der Waals surface area (Å²) in [6.45, 7) is 4.00. The van der Waals surface area contributed by atoms with E-state index in [-0.39, 0.29) is 11.2 Å². The molecule has 0 saturated heterocycles. The highest BCUT2D eigenvalue weighted by atomic mass is 35.5. The van der Waals surface area contributed by atoms with E-state index in [0.29, 0.717) is 10.4 Å². The number of halogens is 2. The lowest BCUT2D eigenvalue weighted by atomic mass is 9.49. The SMILES string of the molecule is CCCNCC1(c2c(F)cccc2Cl)CC2(CCCC2)C1. The van der Waals surface area contributed by atoms with Crippen molar-refractivity contribution in [2.75, 3.05) is 13.1 Å². The fourth-order valence-electron chi connectivity index (χ4n) is 4.76. The highest BCUT2D eigenvalue weighted by molar-refractivity contribution is 6.31. The van der Waals surface area contributed by atoms with Gasteiger partial charge in [-0.05, 0) is 56.2 Å². The maximum absolute atomic E-state index is 14.4. The first kappa shape index (κ1) is 15.3. The molecule has 1 spiro atoms. The summed E-state index contributed by atoms with van der Waals surface area (Å²) in [5.74, 6) is -0.131. The zero-order valence-electron chi connectivity index (χ0n) is 12.9. The third-order valence-electron chi connectivity index (χ3n) is 5.47. The summed E-state index contributed by atoms with van der Waals surface area (Å²) in [6, 6.07) is 5.10. The molecular formula is C18H25ClFN. The van der Waals surface area contributed by atoms with Gasteiger partial charge in [0.05, 0.1) is 0 Å². The molecule has 2 saturated carbocycles. The van der Waals surface area contributed by atoms with Crippen LogP contribution in [0.25, 0.3) is 0 Å². The molecular weight excluding hydrogens is 285 g/mol. The lowest BCUT2D eigenvalue weighted by Crippen LogP contribution is -2.54. The minimum Gasteiger partial charge on any atom is -0.316 e. The van der Waals surface area contributed by atoms with Crippen LogP contribution in [-0.4, -0.2) is 13.1 Å². The van der Waals surface area contributed by atoms with Gasteiger partial charge in [-0.15, -0.1) is 0 Å². The third-order valence-corrected chi connectivity index (χ3v) is 5.79. The molecule has 2 fully saturated rings. The van der Waals surface area contributed by atoms with Crippen LogP contribution in [0.15, 0.2) is 18.2 Å². The van der Waals surface area contributed by atoms with Crippen LogP contribution in [0.3, 0.4) is 0 Å². The van der Waals surface area contributed by atoms with Gasteiger partial charge in [0.1, 0.15) is 5.82 Å². The Morgan fingerprint density at radius 2 is 1.95 bits per heavy atom. The lowest BCUT2D eigenvalue weighted by molar-refractivity contribution is 0.0249. The molecule has 2 aliphatic carbocycles. The van der Waals surface area contributed by atoms with Gasteiger partial charge in [-0.1, -0.05) is 37.4 Å². The lowest BCUT2D eigenvalue weighted by Gasteiger charge is -2.56. The first-order valence-corrected chi connectivity index (χ1v) is 8.64. The van der Waals surface area contributed by atoms with Crippen molar-refractivity contribution in [3.05, 3.63) is 34.6 Å². The number of hydrogen-bond donors (Lipinski definition) is 1. The Balaban J connectivity index is 1.87. The highest BCUT2D eigenvalue weighted by Gasteiger charge is 2.56. The maximum Gasteiger partial charge on any atom is 0.128 e. The predicted molar refractivity (Wildman–Crippen MR) is 86.4 cm³/mol. The average molecular weight is 310 g/mol. The van der Waals surface area contributed by atoms with Crippen molar-refractivity contribution in [2.45, 2.75) is 57.3 Å². The molecule has 1 N–H and O–H groups in total. The van der Waals surface area contributed by atoms with E-state index in [1.807, 2.05) is 6.07 Å². The summed E-state index contributed by atoms with van der Waals surface area (Å²) < 4.78 is 14.4. The second-order valence-electron chi connectivity index (χ2n) is 7.11. The van der Waals surface area contributed by atoms with E-state index in [2.05, 4.69) is 12.2 Å². The van der Waals surface area contributed by atoms with Crippen LogP contribution in [-0.2, 0) is 5.41 Å². The Bertz CT molecular complexity index is 480. The summed E-state index contributed by atoms with van der Waals surface area (Å²) in [6.07, 6.45) is 8.59. The van der Waals surface area contributed by atoms with Gasteiger partial charge in [0.25, 0.3) is 0 Å². The molecule has 21 heavy (non-hydrogen) atoms. The van der Waals surface area contributed by atoms with Crippen LogP contribution in [0.2, 0.25) is 5.02 Å². The van der Waals surface area contributed by atoms with Crippen molar-refractivity contribution in [2.24, 2.45) is 5.41 Å². The Morgan fingerprint density at radius 3 is 2.57 bits per heavy atom. The quantitative estimate of drug-likeness (QED) is 0.749. The topological polar surface area (TPSA) is 12.0 Å². The minimum absolute atomic E-state index is 0.0953. The predicted octanol–water partition coefficient (Wildman–Crippen LogP) is 5.07. The first-order valence-electron chi connectivity index (χ1n) is 8.26. The summed E-state index contributed by atoms with van der Waals surface area (Å²) >= 11 is 6.37. The molecule has 1 aromatic rings. The van der Waals surface area contributed by atoms with E-state index in [1.54, 1.807) is 12.1 Å². The molecule has 2 aliphatic rings. The van der Waals surface area contributed by atoms with Crippen LogP contribution in [0.1, 0.15) is 57.4 Å². The van der Waals surface area contributed by atoms with Gasteiger partial charge < -0.3 is 5.32 Å². The van der Waals surface area contributed by atoms with Gasteiger partial charge in [0.2, 0.25) is 0 Å². The van der Waals surface area contributed by atoms with E-state index in [0.717, 1.165) is 37.9 Å².